The van der Waals surface area contributed by atoms with Gasteiger partial charge in [0.1, 0.15) is 0 Å². The molecule has 5 nitrogen and oxygen atoms in total. The third kappa shape index (κ3) is 3.17. The van der Waals surface area contributed by atoms with Crippen LogP contribution in [0.25, 0.3) is 10.2 Å². The molecule has 1 radical (unpaired) electrons. The fourth-order valence-electron chi connectivity index (χ4n) is 2.02. The molecule has 2 heterocycles. The average molecular weight is 370 g/mol. The van der Waals surface area contributed by atoms with Crippen molar-refractivity contribution in [3.63, 3.8) is 0 Å². The van der Waals surface area contributed by atoms with Crippen LogP contribution in [-0.2, 0) is 0 Å². The number of benzene rings is 1. The number of rotatable bonds is 5. The van der Waals surface area contributed by atoms with Crippen molar-refractivity contribution in [2.45, 2.75) is 11.1 Å². The topological polar surface area (TPSA) is 88.5 Å². The molecule has 109 valence electrons. The molecule has 0 spiro atoms. The molecule has 3 rings (SSSR count). The van der Waals surface area contributed by atoms with E-state index in [1.165, 1.54) is 0 Å². The van der Waals surface area contributed by atoms with Crippen LogP contribution >= 0.6 is 11.3 Å². The Morgan fingerprint density at radius 1 is 1.27 bits per heavy atom. The molecule has 1 aromatic carbocycles. The summed E-state index contributed by atoms with van der Waals surface area (Å²) in [6.07, 6.45) is 1.72. The summed E-state index contributed by atoms with van der Waals surface area (Å²) in [5.41, 5.74) is 7.19. The van der Waals surface area contributed by atoms with Crippen LogP contribution in [0.3, 0.4) is 0 Å². The fraction of sp³-hybridized carbons (Fsp3) is 0.200. The van der Waals surface area contributed by atoms with Crippen molar-refractivity contribution in [1.29, 1.82) is 5.26 Å². The van der Waals surface area contributed by atoms with Crippen molar-refractivity contribution in [3.8, 4) is 6.07 Å². The number of aromatic nitrogens is 3. The first-order chi connectivity index (χ1) is 10.8. The van der Waals surface area contributed by atoms with Gasteiger partial charge < -0.3 is 0 Å². The summed E-state index contributed by atoms with van der Waals surface area (Å²) in [6.45, 7) is 0.646. The Morgan fingerprint density at radius 3 is 2.91 bits per heavy atom. The predicted octanol–water partition coefficient (Wildman–Crippen LogP) is 1.45. The molecule has 0 fully saturated rings. The summed E-state index contributed by atoms with van der Waals surface area (Å²) < 4.78 is 1.90. The second kappa shape index (κ2) is 6.97. The van der Waals surface area contributed by atoms with Crippen molar-refractivity contribution in [1.82, 2.24) is 15.0 Å². The van der Waals surface area contributed by atoms with Gasteiger partial charge in [-0.25, -0.2) is 0 Å². The monoisotopic (exact) mass is 370 g/mol. The molecule has 7 heteroatoms. The van der Waals surface area contributed by atoms with Gasteiger partial charge in [0.05, 0.1) is 0 Å². The zero-order valence-corrected chi connectivity index (χ0v) is 14.4. The van der Waals surface area contributed by atoms with E-state index in [-0.39, 0.29) is 15.8 Å². The van der Waals surface area contributed by atoms with Crippen molar-refractivity contribution in [2.24, 2.45) is 5.73 Å². The number of fused-ring (bicyclic) bond motifs is 1. The molecule has 0 aliphatic carbocycles. The third-order valence-corrected chi connectivity index (χ3v) is 6.19. The number of nitrogens with two attached hydrogens (primary N) is 1. The first kappa shape index (κ1) is 15.1. The molecular formula is C15H13AsN5S. The van der Waals surface area contributed by atoms with Crippen LogP contribution in [0.4, 0.5) is 0 Å². The van der Waals surface area contributed by atoms with E-state index in [0.717, 1.165) is 30.7 Å². The predicted molar refractivity (Wildman–Crippen MR) is 88.4 cm³/mol. The quantitative estimate of drug-likeness (QED) is 0.687. The number of hydrogen-bond acceptors (Lipinski definition) is 6. The second-order valence-corrected chi connectivity index (χ2v) is 8.04. The summed E-state index contributed by atoms with van der Waals surface area (Å²) in [4.78, 5) is 13.4. The van der Waals surface area contributed by atoms with E-state index in [1.54, 1.807) is 23.6 Å². The molecule has 0 bridgehead atoms. The Morgan fingerprint density at radius 2 is 2.14 bits per heavy atom. The Hall–Kier alpha value is -1.80. The number of nitrogens with zero attached hydrogens (tertiary/aromatic N) is 4. The van der Waals surface area contributed by atoms with Gasteiger partial charge in [-0.05, 0) is 0 Å². The molecule has 0 saturated carbocycles. The summed E-state index contributed by atoms with van der Waals surface area (Å²) in [5.74, 6) is -0.446. The van der Waals surface area contributed by atoms with Crippen molar-refractivity contribution in [2.75, 3.05) is 6.54 Å². The number of thiazole rings is 1. The number of para-hydroxylation sites is 1. The van der Waals surface area contributed by atoms with Gasteiger partial charge in [-0.15, -0.1) is 0 Å². The summed E-state index contributed by atoms with van der Waals surface area (Å²) in [5, 5.41) is 11.3. The second-order valence-electron chi connectivity index (χ2n) is 4.53. The first-order valence-corrected chi connectivity index (χ1v) is 9.85. The van der Waals surface area contributed by atoms with Crippen molar-refractivity contribution >= 4 is 41.9 Å². The van der Waals surface area contributed by atoms with E-state index < -0.39 is 5.92 Å². The van der Waals surface area contributed by atoms with E-state index in [1.807, 2.05) is 24.3 Å². The van der Waals surface area contributed by atoms with Gasteiger partial charge in [0.15, 0.2) is 0 Å². The van der Waals surface area contributed by atoms with Gasteiger partial charge in [0.2, 0.25) is 0 Å². The zero-order valence-electron chi connectivity index (χ0n) is 11.7. The third-order valence-electron chi connectivity index (χ3n) is 3.03. The van der Waals surface area contributed by atoms with Gasteiger partial charge in [-0.1, -0.05) is 0 Å². The van der Waals surface area contributed by atoms with Crippen molar-refractivity contribution < 1.29 is 0 Å². The molecule has 22 heavy (non-hydrogen) atoms. The zero-order chi connectivity index (χ0) is 15.4. The Labute approximate surface area is 138 Å². The summed E-state index contributed by atoms with van der Waals surface area (Å²) in [7, 11) is 0. The minimum atomic E-state index is -0.446. The van der Waals surface area contributed by atoms with Crippen LogP contribution in [0.1, 0.15) is 16.6 Å². The van der Waals surface area contributed by atoms with Gasteiger partial charge in [-0.2, -0.15) is 0 Å². The molecule has 2 N–H and O–H groups in total. The number of nitriles is 1. The SMILES string of the molecule is N#CC(c1ccnc([As]CCN)n1)c1nc2ccccc2s1. The van der Waals surface area contributed by atoms with Crippen LogP contribution in [-0.4, -0.2) is 37.2 Å². The van der Waals surface area contributed by atoms with Gasteiger partial charge >= 0.3 is 139 Å². The fourth-order valence-corrected chi connectivity index (χ4v) is 4.44. The van der Waals surface area contributed by atoms with E-state index >= 15 is 0 Å². The molecule has 0 aliphatic rings. The number of hydrogen-bond donors (Lipinski definition) is 1. The van der Waals surface area contributed by atoms with Crippen molar-refractivity contribution in [3.05, 3.63) is 47.2 Å². The molecule has 3 aromatic rings. The maximum absolute atomic E-state index is 9.57. The minimum absolute atomic E-state index is 0.136. The molecule has 0 amide bonds. The molecule has 0 aliphatic heterocycles. The normalized spacial score (nSPS) is 12.7. The van der Waals surface area contributed by atoms with Gasteiger partial charge in [0, 0.05) is 0 Å². The van der Waals surface area contributed by atoms with E-state index in [4.69, 9.17) is 5.73 Å². The molecular weight excluding hydrogens is 357 g/mol. The Balaban J connectivity index is 1.95. The molecule has 1 unspecified atom stereocenters. The standard InChI is InChI=1S/C15H13AsN5S/c17-7-6-16-15-19-8-5-11(21-15)10(9-18)14-20-12-3-1-2-4-13(12)22-14/h1-5,8,10H,6-7,17H2. The first-order valence-electron chi connectivity index (χ1n) is 6.77. The molecule has 2 aromatic heterocycles. The maximum atomic E-state index is 9.57. The van der Waals surface area contributed by atoms with Gasteiger partial charge in [-0.3, -0.25) is 0 Å². The van der Waals surface area contributed by atoms with Crippen LogP contribution < -0.4 is 10.3 Å². The van der Waals surface area contributed by atoms with Crippen LogP contribution in [0, 0.1) is 11.3 Å². The van der Waals surface area contributed by atoms with Gasteiger partial charge in [0.25, 0.3) is 0 Å². The molecule has 1 atom stereocenters. The Bertz CT molecular complexity index is 793. The van der Waals surface area contributed by atoms with E-state index in [0.29, 0.717) is 6.54 Å². The van der Waals surface area contributed by atoms with E-state index in [2.05, 4.69) is 21.0 Å². The summed E-state index contributed by atoms with van der Waals surface area (Å²) in [6, 6.07) is 12.0. The average Bonchev–Trinajstić information content (AvgIpc) is 2.97. The van der Waals surface area contributed by atoms with Crippen LogP contribution in [0.5, 0.6) is 0 Å². The van der Waals surface area contributed by atoms with E-state index in [9.17, 15) is 5.26 Å². The molecule has 0 saturated heterocycles. The summed E-state index contributed by atoms with van der Waals surface area (Å²) >= 11 is 1.41. The van der Waals surface area contributed by atoms with Crippen LogP contribution in [0.2, 0.25) is 5.21 Å². The Kier molecular flexibility index (Phi) is 4.79. The van der Waals surface area contributed by atoms with Crippen LogP contribution in [0.15, 0.2) is 36.5 Å².